The van der Waals surface area contributed by atoms with Gasteiger partial charge >= 0.3 is 6.18 Å². The van der Waals surface area contributed by atoms with Gasteiger partial charge in [0, 0.05) is 0 Å². The van der Waals surface area contributed by atoms with Crippen LogP contribution in [-0.4, -0.2) is 0 Å². The van der Waals surface area contributed by atoms with E-state index >= 15 is 0 Å². The quantitative estimate of drug-likeness (QED) is 0.306. The minimum absolute atomic E-state index is 0.0527. The van der Waals surface area contributed by atoms with Gasteiger partial charge in [0.2, 0.25) is 0 Å². The molecule has 1 aromatic rings. The van der Waals surface area contributed by atoms with Crippen LogP contribution in [0.1, 0.15) is 68.9 Å². The van der Waals surface area contributed by atoms with E-state index in [0.29, 0.717) is 11.5 Å². The van der Waals surface area contributed by atoms with Crippen LogP contribution in [0.4, 0.5) is 22.0 Å². The Labute approximate surface area is 139 Å². The highest BCUT2D eigenvalue weighted by Crippen LogP contribution is 2.40. The van der Waals surface area contributed by atoms with Gasteiger partial charge in [-0.15, -0.1) is 0 Å². The van der Waals surface area contributed by atoms with Crippen molar-refractivity contribution in [2.45, 2.75) is 64.0 Å². The lowest BCUT2D eigenvalue weighted by atomic mass is 9.77. The zero-order valence-corrected chi connectivity index (χ0v) is 13.8. The third kappa shape index (κ3) is 4.81. The van der Waals surface area contributed by atoms with Crippen molar-refractivity contribution in [2.24, 2.45) is 5.92 Å². The summed E-state index contributed by atoms with van der Waals surface area (Å²) in [5.74, 6) is -2.46. The lowest BCUT2D eigenvalue weighted by molar-refractivity contribution is -0.142. The number of hydrogen-bond donors (Lipinski definition) is 0. The van der Waals surface area contributed by atoms with E-state index in [-0.39, 0.29) is 5.92 Å². The maximum absolute atomic E-state index is 13.7. The number of rotatable bonds is 5. The third-order valence-electron chi connectivity index (χ3n) is 4.88. The van der Waals surface area contributed by atoms with Gasteiger partial charge in [0.15, 0.2) is 0 Å². The first kappa shape index (κ1) is 18.9. The molecule has 1 aliphatic carbocycles. The molecule has 2 rings (SSSR count). The molecule has 0 aliphatic heterocycles. The Kier molecular flexibility index (Phi) is 6.41. The van der Waals surface area contributed by atoms with Crippen LogP contribution in [0.2, 0.25) is 0 Å². The predicted octanol–water partition coefficient (Wildman–Crippen LogP) is 7.00. The molecule has 24 heavy (non-hydrogen) atoms. The SMILES string of the molecule is CC=CCCCC1CCC(c2cc(F)c(C(F)(F)F)c(F)c2)CC1. The highest BCUT2D eigenvalue weighted by Gasteiger charge is 2.38. The third-order valence-corrected chi connectivity index (χ3v) is 4.88. The molecule has 0 unspecified atom stereocenters. The van der Waals surface area contributed by atoms with Gasteiger partial charge in [-0.1, -0.05) is 18.6 Å². The Hall–Kier alpha value is -1.39. The molecule has 1 saturated carbocycles. The van der Waals surface area contributed by atoms with E-state index in [2.05, 4.69) is 6.08 Å². The summed E-state index contributed by atoms with van der Waals surface area (Å²) in [7, 11) is 0. The summed E-state index contributed by atoms with van der Waals surface area (Å²) in [6, 6.07) is 1.73. The fourth-order valence-corrected chi connectivity index (χ4v) is 3.57. The Morgan fingerprint density at radius 3 is 2.12 bits per heavy atom. The summed E-state index contributed by atoms with van der Waals surface area (Å²) < 4.78 is 65.3. The van der Waals surface area contributed by atoms with Crippen molar-refractivity contribution >= 4 is 0 Å². The molecule has 0 saturated heterocycles. The normalized spacial score (nSPS) is 22.2. The minimum Gasteiger partial charge on any atom is -0.206 e. The second-order valence-corrected chi connectivity index (χ2v) is 6.57. The monoisotopic (exact) mass is 346 g/mol. The van der Waals surface area contributed by atoms with E-state index in [1.807, 2.05) is 13.0 Å². The topological polar surface area (TPSA) is 0 Å². The molecule has 0 atom stereocenters. The van der Waals surface area contributed by atoms with Gasteiger partial charge in [0.05, 0.1) is 0 Å². The largest absolute Gasteiger partial charge is 0.422 e. The van der Waals surface area contributed by atoms with Crippen LogP contribution in [0.5, 0.6) is 0 Å². The zero-order valence-electron chi connectivity index (χ0n) is 13.8. The van der Waals surface area contributed by atoms with Crippen molar-refractivity contribution in [1.29, 1.82) is 0 Å². The number of alkyl halides is 3. The maximum atomic E-state index is 13.7. The first-order chi connectivity index (χ1) is 11.3. The Morgan fingerprint density at radius 1 is 1.04 bits per heavy atom. The molecule has 0 nitrogen and oxygen atoms in total. The number of benzene rings is 1. The van der Waals surface area contributed by atoms with Gasteiger partial charge in [-0.05, 0) is 75.0 Å². The second-order valence-electron chi connectivity index (χ2n) is 6.57. The molecule has 0 spiro atoms. The molecular weight excluding hydrogens is 323 g/mol. The number of halogens is 5. The molecule has 134 valence electrons. The Morgan fingerprint density at radius 2 is 1.62 bits per heavy atom. The molecule has 0 amide bonds. The van der Waals surface area contributed by atoms with Crippen molar-refractivity contribution in [2.75, 3.05) is 0 Å². The summed E-state index contributed by atoms with van der Waals surface area (Å²) in [6.07, 6.45) is 5.97. The highest BCUT2D eigenvalue weighted by atomic mass is 19.4. The summed E-state index contributed by atoms with van der Waals surface area (Å²) in [6.45, 7) is 1.99. The van der Waals surface area contributed by atoms with E-state index in [9.17, 15) is 22.0 Å². The van der Waals surface area contributed by atoms with Gasteiger partial charge in [-0.2, -0.15) is 13.2 Å². The van der Waals surface area contributed by atoms with E-state index in [1.165, 1.54) is 0 Å². The van der Waals surface area contributed by atoms with Crippen molar-refractivity contribution in [1.82, 2.24) is 0 Å². The number of allylic oxidation sites excluding steroid dienone is 2. The molecule has 5 heteroatoms. The Bertz CT molecular complexity index is 543. The second kappa shape index (κ2) is 8.13. The van der Waals surface area contributed by atoms with Crippen LogP contribution in [0.25, 0.3) is 0 Å². The molecule has 0 bridgehead atoms. The van der Waals surface area contributed by atoms with E-state index in [4.69, 9.17) is 0 Å². The van der Waals surface area contributed by atoms with Crippen LogP contribution >= 0.6 is 0 Å². The molecular formula is C19H23F5. The average Bonchev–Trinajstić information content (AvgIpc) is 2.50. The molecule has 0 radical (unpaired) electrons. The predicted molar refractivity (Wildman–Crippen MR) is 84.7 cm³/mol. The van der Waals surface area contributed by atoms with Crippen molar-refractivity contribution in [3.05, 3.63) is 47.0 Å². The lowest BCUT2D eigenvalue weighted by Gasteiger charge is -2.29. The van der Waals surface area contributed by atoms with Crippen LogP contribution in [0.15, 0.2) is 24.3 Å². The van der Waals surface area contributed by atoms with Crippen molar-refractivity contribution < 1.29 is 22.0 Å². The molecule has 0 aromatic heterocycles. The molecule has 1 fully saturated rings. The molecule has 1 aromatic carbocycles. The number of unbranched alkanes of at least 4 members (excludes halogenated alkanes) is 1. The average molecular weight is 346 g/mol. The van der Waals surface area contributed by atoms with E-state index < -0.39 is 23.4 Å². The van der Waals surface area contributed by atoms with Crippen LogP contribution < -0.4 is 0 Å². The summed E-state index contributed by atoms with van der Waals surface area (Å²) in [4.78, 5) is 0. The standard InChI is InChI=1S/C19H23F5/c1-2-3-4-5-6-13-7-9-14(10-8-13)15-11-16(20)18(17(21)12-15)19(22,23)24/h2-3,11-14H,4-10H2,1H3. The first-order valence-corrected chi connectivity index (χ1v) is 8.50. The van der Waals surface area contributed by atoms with E-state index in [1.54, 1.807) is 0 Å². The van der Waals surface area contributed by atoms with Crippen molar-refractivity contribution in [3.63, 3.8) is 0 Å². The zero-order chi connectivity index (χ0) is 17.7. The highest BCUT2D eigenvalue weighted by molar-refractivity contribution is 5.30. The molecule has 1 aliphatic rings. The molecule has 0 heterocycles. The van der Waals surface area contributed by atoms with Crippen LogP contribution in [0, 0.1) is 17.6 Å². The maximum Gasteiger partial charge on any atom is 0.422 e. The van der Waals surface area contributed by atoms with Crippen molar-refractivity contribution in [3.8, 4) is 0 Å². The van der Waals surface area contributed by atoms with Gasteiger partial charge in [0.25, 0.3) is 0 Å². The lowest BCUT2D eigenvalue weighted by Crippen LogP contribution is -2.16. The fourth-order valence-electron chi connectivity index (χ4n) is 3.57. The number of hydrogen-bond acceptors (Lipinski definition) is 0. The smallest absolute Gasteiger partial charge is 0.206 e. The van der Waals surface area contributed by atoms with Crippen LogP contribution in [0.3, 0.4) is 0 Å². The van der Waals surface area contributed by atoms with Gasteiger partial charge in [-0.3, -0.25) is 0 Å². The summed E-state index contributed by atoms with van der Waals surface area (Å²) >= 11 is 0. The first-order valence-electron chi connectivity index (χ1n) is 8.50. The fraction of sp³-hybridized carbons (Fsp3) is 0.579. The molecule has 0 N–H and O–H groups in total. The van der Waals surface area contributed by atoms with Gasteiger partial charge in [-0.25, -0.2) is 8.78 Å². The summed E-state index contributed by atoms with van der Waals surface area (Å²) in [5.41, 5.74) is -1.44. The minimum atomic E-state index is -5.00. The van der Waals surface area contributed by atoms with E-state index in [0.717, 1.165) is 57.1 Å². The Balaban J connectivity index is 1.97. The van der Waals surface area contributed by atoms with Gasteiger partial charge < -0.3 is 0 Å². The summed E-state index contributed by atoms with van der Waals surface area (Å²) in [5, 5.41) is 0. The van der Waals surface area contributed by atoms with Gasteiger partial charge in [0.1, 0.15) is 17.2 Å². The van der Waals surface area contributed by atoms with Crippen LogP contribution in [-0.2, 0) is 6.18 Å².